The van der Waals surface area contributed by atoms with Crippen molar-refractivity contribution in [1.29, 1.82) is 0 Å². The standard InChI is InChI=1S/C18H16N2O9S/c21-14-7-8-15(22)19(14)11-4-1-10(2-5-11)3-6-12(18(25)26)20-16(23)9-13(17(20)24)30(27,28)29/h1-2,4-5,7-8,12-13H,3,6,9H2,(H,25,26)(H,27,28,29). The lowest BCUT2D eigenvalue weighted by Gasteiger charge is -2.23. The summed E-state index contributed by atoms with van der Waals surface area (Å²) in [6, 6.07) is 4.49. The van der Waals surface area contributed by atoms with E-state index in [0.29, 0.717) is 16.2 Å². The minimum Gasteiger partial charge on any atom is -0.480 e. The first-order chi connectivity index (χ1) is 14.0. The Kier molecular flexibility index (Phi) is 5.55. The highest BCUT2D eigenvalue weighted by atomic mass is 32.2. The maximum Gasteiger partial charge on any atom is 0.326 e. The minimum absolute atomic E-state index is 0.102. The van der Waals surface area contributed by atoms with Gasteiger partial charge in [0.05, 0.1) is 12.1 Å². The highest BCUT2D eigenvalue weighted by Crippen LogP contribution is 2.25. The smallest absolute Gasteiger partial charge is 0.326 e. The molecule has 158 valence electrons. The number of hydrogen-bond acceptors (Lipinski definition) is 7. The summed E-state index contributed by atoms with van der Waals surface area (Å²) in [6.07, 6.45) is 1.36. The number of carbonyl (C=O) groups excluding carboxylic acids is 4. The lowest BCUT2D eigenvalue weighted by atomic mass is 10.0. The second kappa shape index (κ2) is 7.80. The lowest BCUT2D eigenvalue weighted by Crippen LogP contribution is -2.46. The van der Waals surface area contributed by atoms with Crippen LogP contribution >= 0.6 is 0 Å². The summed E-state index contributed by atoms with van der Waals surface area (Å²) in [5, 5.41) is 7.43. The molecule has 0 bridgehead atoms. The first-order valence-electron chi connectivity index (χ1n) is 8.71. The maximum absolute atomic E-state index is 12.2. The minimum atomic E-state index is -4.84. The van der Waals surface area contributed by atoms with Gasteiger partial charge < -0.3 is 5.11 Å². The summed E-state index contributed by atoms with van der Waals surface area (Å²) >= 11 is 0. The van der Waals surface area contributed by atoms with E-state index in [-0.39, 0.29) is 12.8 Å². The van der Waals surface area contributed by atoms with Gasteiger partial charge >= 0.3 is 5.97 Å². The van der Waals surface area contributed by atoms with Crippen LogP contribution in [-0.2, 0) is 40.5 Å². The van der Waals surface area contributed by atoms with Crippen molar-refractivity contribution < 1.29 is 42.0 Å². The Morgan fingerprint density at radius 1 is 1.07 bits per heavy atom. The van der Waals surface area contributed by atoms with Crippen LogP contribution in [-0.4, -0.2) is 63.9 Å². The third-order valence-corrected chi connectivity index (χ3v) is 5.90. The van der Waals surface area contributed by atoms with Crippen molar-refractivity contribution in [3.8, 4) is 0 Å². The van der Waals surface area contributed by atoms with E-state index in [4.69, 9.17) is 4.55 Å². The fourth-order valence-electron chi connectivity index (χ4n) is 3.32. The van der Waals surface area contributed by atoms with Crippen molar-refractivity contribution in [2.45, 2.75) is 30.6 Å². The molecule has 0 radical (unpaired) electrons. The number of benzene rings is 1. The first kappa shape index (κ1) is 21.3. The molecule has 3 rings (SSSR count). The van der Waals surface area contributed by atoms with Crippen LogP contribution in [0.3, 0.4) is 0 Å². The number of aliphatic carboxylic acids is 1. The zero-order valence-corrected chi connectivity index (χ0v) is 16.1. The molecule has 11 nitrogen and oxygen atoms in total. The predicted octanol–water partition coefficient (Wildman–Crippen LogP) is -0.483. The fraction of sp³-hybridized carbons (Fsp3) is 0.278. The van der Waals surface area contributed by atoms with E-state index < -0.39 is 57.4 Å². The number of carboxylic acid groups (broad SMARTS) is 1. The van der Waals surface area contributed by atoms with Gasteiger partial charge in [0.25, 0.3) is 27.8 Å². The third-order valence-electron chi connectivity index (χ3n) is 4.81. The van der Waals surface area contributed by atoms with Gasteiger partial charge in [-0.25, -0.2) is 9.69 Å². The van der Waals surface area contributed by atoms with Gasteiger partial charge in [0, 0.05) is 12.2 Å². The topological polar surface area (TPSA) is 166 Å². The molecule has 2 aliphatic heterocycles. The predicted molar refractivity (Wildman–Crippen MR) is 99.6 cm³/mol. The highest BCUT2D eigenvalue weighted by molar-refractivity contribution is 7.87. The van der Waals surface area contributed by atoms with E-state index in [2.05, 4.69) is 0 Å². The fourth-order valence-corrected chi connectivity index (χ4v) is 4.04. The zero-order valence-electron chi connectivity index (χ0n) is 15.3. The molecule has 1 aromatic rings. The van der Waals surface area contributed by atoms with Crippen molar-refractivity contribution in [1.82, 2.24) is 4.90 Å². The summed E-state index contributed by atoms with van der Waals surface area (Å²) in [5.74, 6) is -4.74. The van der Waals surface area contributed by atoms with Crippen LogP contribution in [0.15, 0.2) is 36.4 Å². The molecule has 0 spiro atoms. The molecule has 2 heterocycles. The van der Waals surface area contributed by atoms with Crippen LogP contribution in [0.2, 0.25) is 0 Å². The summed E-state index contributed by atoms with van der Waals surface area (Å²) in [6.45, 7) is 0. The van der Waals surface area contributed by atoms with Gasteiger partial charge in [-0.15, -0.1) is 0 Å². The molecular weight excluding hydrogens is 420 g/mol. The number of nitrogens with zero attached hydrogens (tertiary/aromatic N) is 2. The molecule has 4 amide bonds. The van der Waals surface area contributed by atoms with Crippen molar-refractivity contribution in [2.75, 3.05) is 4.90 Å². The van der Waals surface area contributed by atoms with Crippen LogP contribution < -0.4 is 4.90 Å². The van der Waals surface area contributed by atoms with E-state index in [1.54, 1.807) is 12.1 Å². The second-order valence-electron chi connectivity index (χ2n) is 6.71. The Morgan fingerprint density at radius 2 is 1.63 bits per heavy atom. The molecule has 1 fully saturated rings. The molecule has 1 aromatic carbocycles. The molecule has 2 unspecified atom stereocenters. The molecule has 2 N–H and O–H groups in total. The Morgan fingerprint density at radius 3 is 2.10 bits per heavy atom. The van der Waals surface area contributed by atoms with E-state index in [0.717, 1.165) is 17.1 Å². The highest BCUT2D eigenvalue weighted by Gasteiger charge is 2.49. The zero-order chi connectivity index (χ0) is 22.2. The van der Waals surface area contributed by atoms with Crippen molar-refractivity contribution >= 4 is 45.4 Å². The second-order valence-corrected chi connectivity index (χ2v) is 8.31. The number of aryl methyl sites for hydroxylation is 1. The number of carboxylic acids is 1. The maximum atomic E-state index is 12.2. The quantitative estimate of drug-likeness (QED) is 0.424. The number of carbonyl (C=O) groups is 5. The van der Waals surface area contributed by atoms with Gasteiger partial charge in [0.2, 0.25) is 5.91 Å². The molecule has 30 heavy (non-hydrogen) atoms. The average molecular weight is 436 g/mol. The number of amides is 4. The van der Waals surface area contributed by atoms with Gasteiger partial charge in [-0.3, -0.25) is 28.6 Å². The number of likely N-dealkylation sites (tertiary alicyclic amines) is 1. The molecule has 0 saturated carbocycles. The third kappa shape index (κ3) is 4.00. The molecule has 0 aromatic heterocycles. The monoisotopic (exact) mass is 436 g/mol. The SMILES string of the molecule is O=C(O)C(CCc1ccc(N2C(=O)C=CC2=O)cc1)N1C(=O)CC(S(=O)(=O)O)C1=O. The number of rotatable bonds is 7. The van der Waals surface area contributed by atoms with Crippen molar-refractivity contribution in [3.63, 3.8) is 0 Å². The van der Waals surface area contributed by atoms with Crippen LogP contribution in [0.4, 0.5) is 5.69 Å². The van der Waals surface area contributed by atoms with Crippen LogP contribution in [0.5, 0.6) is 0 Å². The van der Waals surface area contributed by atoms with Crippen molar-refractivity contribution in [3.05, 3.63) is 42.0 Å². The number of anilines is 1. The largest absolute Gasteiger partial charge is 0.480 e. The summed E-state index contributed by atoms with van der Waals surface area (Å²) in [4.78, 5) is 60.6. The van der Waals surface area contributed by atoms with Gasteiger partial charge in [0.1, 0.15) is 6.04 Å². The van der Waals surface area contributed by atoms with Crippen LogP contribution in [0.1, 0.15) is 18.4 Å². The Labute approximate surface area is 170 Å². The van der Waals surface area contributed by atoms with Crippen molar-refractivity contribution in [2.24, 2.45) is 0 Å². The Hall–Kier alpha value is -3.38. The molecular formula is C18H16N2O9S. The van der Waals surface area contributed by atoms with E-state index >= 15 is 0 Å². The van der Waals surface area contributed by atoms with Gasteiger partial charge in [-0.05, 0) is 30.5 Å². The first-order valence-corrected chi connectivity index (χ1v) is 10.2. The van der Waals surface area contributed by atoms with E-state index in [9.17, 15) is 37.5 Å². The lowest BCUT2D eigenvalue weighted by molar-refractivity contribution is -0.154. The Bertz CT molecular complexity index is 1060. The molecule has 1 saturated heterocycles. The average Bonchev–Trinajstić information content (AvgIpc) is 3.15. The number of imide groups is 2. The van der Waals surface area contributed by atoms with E-state index in [1.165, 1.54) is 12.1 Å². The Balaban J connectivity index is 1.72. The van der Waals surface area contributed by atoms with Gasteiger partial charge in [-0.1, -0.05) is 12.1 Å². The summed E-state index contributed by atoms with van der Waals surface area (Å²) in [7, 11) is -4.84. The normalized spacial score (nSPS) is 20.4. The van der Waals surface area contributed by atoms with Gasteiger partial charge in [-0.2, -0.15) is 8.42 Å². The molecule has 0 aliphatic carbocycles. The summed E-state index contributed by atoms with van der Waals surface area (Å²) < 4.78 is 31.6. The molecule has 2 atom stereocenters. The molecule has 12 heteroatoms. The van der Waals surface area contributed by atoms with Gasteiger partial charge in [0.15, 0.2) is 5.25 Å². The van der Waals surface area contributed by atoms with Crippen LogP contribution in [0.25, 0.3) is 0 Å². The molecule has 2 aliphatic rings. The van der Waals surface area contributed by atoms with E-state index in [1.807, 2.05) is 0 Å². The summed E-state index contributed by atoms with van der Waals surface area (Å²) in [5.41, 5.74) is 0.928. The number of hydrogen-bond donors (Lipinski definition) is 2. The van der Waals surface area contributed by atoms with Crippen LogP contribution in [0, 0.1) is 0 Å².